The van der Waals surface area contributed by atoms with E-state index in [4.69, 9.17) is 14.9 Å². The molecule has 0 saturated heterocycles. The third-order valence-electron chi connectivity index (χ3n) is 4.58. The Morgan fingerprint density at radius 3 is 2.17 bits per heavy atom. The zero-order valence-corrected chi connectivity index (χ0v) is 16.0. The second kappa shape index (κ2) is 7.34. The van der Waals surface area contributed by atoms with Crippen LogP contribution in [0.15, 0.2) is 105 Å². The van der Waals surface area contributed by atoms with E-state index in [9.17, 15) is 13.7 Å². The Bertz CT molecular complexity index is 1240. The number of benzene rings is 2. The van der Waals surface area contributed by atoms with Crippen LogP contribution in [0.5, 0.6) is 0 Å². The minimum absolute atomic E-state index is 0.0193. The lowest BCUT2D eigenvalue weighted by Gasteiger charge is -2.27. The van der Waals surface area contributed by atoms with Crippen molar-refractivity contribution in [2.75, 3.05) is 0 Å². The van der Waals surface area contributed by atoms with E-state index in [1.54, 1.807) is 54.6 Å². The van der Waals surface area contributed by atoms with Crippen LogP contribution in [0.1, 0.15) is 17.2 Å². The van der Waals surface area contributed by atoms with Crippen molar-refractivity contribution in [1.82, 2.24) is 0 Å². The van der Waals surface area contributed by atoms with Crippen LogP contribution in [0.25, 0.3) is 5.76 Å². The first kappa shape index (κ1) is 18.6. The zero-order valence-electron chi connectivity index (χ0n) is 15.1. The first-order valence-corrected chi connectivity index (χ1v) is 10.2. The van der Waals surface area contributed by atoms with Gasteiger partial charge in [0, 0.05) is 5.56 Å². The van der Waals surface area contributed by atoms with Crippen molar-refractivity contribution >= 4 is 15.6 Å². The highest BCUT2D eigenvalue weighted by Crippen LogP contribution is 2.46. The summed E-state index contributed by atoms with van der Waals surface area (Å²) in [5.74, 6) is -0.813. The molecular weight excluding hydrogens is 388 g/mol. The first-order chi connectivity index (χ1) is 14.0. The molecule has 1 atom stereocenters. The lowest BCUT2D eigenvalue weighted by molar-refractivity contribution is 0.353. The third kappa shape index (κ3) is 3.20. The quantitative estimate of drug-likeness (QED) is 0.706. The van der Waals surface area contributed by atoms with E-state index in [0.717, 1.165) is 0 Å². The molecule has 0 amide bonds. The van der Waals surface area contributed by atoms with Gasteiger partial charge in [0.05, 0.1) is 17.1 Å². The van der Waals surface area contributed by atoms with Gasteiger partial charge in [-0.1, -0.05) is 48.5 Å². The highest BCUT2D eigenvalue weighted by atomic mass is 32.2. The Morgan fingerprint density at radius 1 is 0.931 bits per heavy atom. The number of nitrogens with zero attached hydrogens (tertiary/aromatic N) is 1. The molecule has 0 saturated carbocycles. The number of hydrogen-bond donors (Lipinski definition) is 1. The molecule has 3 aromatic rings. The van der Waals surface area contributed by atoms with E-state index in [0.29, 0.717) is 5.56 Å². The Hall–Kier alpha value is -3.76. The molecule has 0 spiro atoms. The van der Waals surface area contributed by atoms with Crippen LogP contribution in [0.2, 0.25) is 0 Å². The standard InChI is InChI=1S/C22H16N2O4S/c23-14-17-19(18-12-7-13-27-18)21(29(25,26)16-10-5-2-6-11-16)20(28-22(17)24)15-8-3-1-4-9-15/h1-13,19H,24H2. The van der Waals surface area contributed by atoms with E-state index in [1.807, 2.05) is 12.1 Å². The second-order valence-corrected chi connectivity index (χ2v) is 8.23. The van der Waals surface area contributed by atoms with E-state index in [-0.39, 0.29) is 32.8 Å². The van der Waals surface area contributed by atoms with Gasteiger partial charge < -0.3 is 14.9 Å². The van der Waals surface area contributed by atoms with Gasteiger partial charge in [-0.15, -0.1) is 0 Å². The predicted molar refractivity (Wildman–Crippen MR) is 106 cm³/mol. The van der Waals surface area contributed by atoms with Crippen molar-refractivity contribution in [1.29, 1.82) is 5.26 Å². The van der Waals surface area contributed by atoms with Gasteiger partial charge in [0.25, 0.3) is 0 Å². The average Bonchev–Trinajstić information content (AvgIpc) is 3.28. The van der Waals surface area contributed by atoms with E-state index >= 15 is 0 Å². The summed E-state index contributed by atoms with van der Waals surface area (Å²) in [7, 11) is -4.05. The van der Waals surface area contributed by atoms with Crippen LogP contribution in [0.4, 0.5) is 0 Å². The van der Waals surface area contributed by atoms with Crippen molar-refractivity contribution in [3.63, 3.8) is 0 Å². The van der Waals surface area contributed by atoms with Gasteiger partial charge in [0.1, 0.15) is 22.3 Å². The largest absolute Gasteiger partial charge is 0.468 e. The first-order valence-electron chi connectivity index (χ1n) is 8.74. The molecule has 1 unspecified atom stereocenters. The van der Waals surface area contributed by atoms with Gasteiger partial charge in [-0.3, -0.25) is 0 Å². The number of nitrogens with two attached hydrogens (primary N) is 1. The molecule has 6 nitrogen and oxygen atoms in total. The van der Waals surface area contributed by atoms with Crippen molar-refractivity contribution < 1.29 is 17.6 Å². The predicted octanol–water partition coefficient (Wildman–Crippen LogP) is 3.93. The summed E-state index contributed by atoms with van der Waals surface area (Å²) in [6, 6.07) is 22.0. The van der Waals surface area contributed by atoms with Crippen molar-refractivity contribution in [2.45, 2.75) is 10.8 Å². The maximum atomic E-state index is 13.7. The molecule has 0 fully saturated rings. The fourth-order valence-electron chi connectivity index (χ4n) is 3.26. The molecule has 0 bridgehead atoms. The fraction of sp³-hybridized carbons (Fsp3) is 0.0455. The minimum atomic E-state index is -4.05. The Kier molecular flexibility index (Phi) is 4.71. The summed E-state index contributed by atoms with van der Waals surface area (Å²) in [6.07, 6.45) is 1.42. The van der Waals surface area contributed by atoms with E-state index in [1.165, 1.54) is 18.4 Å². The Morgan fingerprint density at radius 2 is 1.59 bits per heavy atom. The molecule has 2 N–H and O–H groups in total. The number of rotatable bonds is 4. The number of furan rings is 1. The summed E-state index contributed by atoms with van der Waals surface area (Å²) in [5, 5.41) is 9.71. The highest BCUT2D eigenvalue weighted by molar-refractivity contribution is 7.95. The van der Waals surface area contributed by atoms with Gasteiger partial charge in [-0.2, -0.15) is 5.26 Å². The van der Waals surface area contributed by atoms with Crippen molar-refractivity contribution in [3.05, 3.63) is 107 Å². The van der Waals surface area contributed by atoms with Gasteiger partial charge in [0.2, 0.25) is 15.7 Å². The molecule has 0 aliphatic carbocycles. The summed E-state index contributed by atoms with van der Waals surface area (Å²) >= 11 is 0. The normalized spacial score (nSPS) is 17.0. The summed E-state index contributed by atoms with van der Waals surface area (Å²) in [5.41, 5.74) is 6.53. The van der Waals surface area contributed by atoms with E-state index < -0.39 is 15.8 Å². The summed E-state index contributed by atoms with van der Waals surface area (Å²) in [4.78, 5) is -0.00283. The molecule has 29 heavy (non-hydrogen) atoms. The van der Waals surface area contributed by atoms with Crippen LogP contribution in [0, 0.1) is 11.3 Å². The van der Waals surface area contributed by atoms with Gasteiger partial charge in [0.15, 0.2) is 5.76 Å². The second-order valence-electron chi connectivity index (χ2n) is 6.32. The number of nitriles is 1. The molecule has 0 radical (unpaired) electrons. The summed E-state index contributed by atoms with van der Waals surface area (Å²) in [6.45, 7) is 0. The number of allylic oxidation sites excluding steroid dienone is 2. The maximum Gasteiger partial charge on any atom is 0.207 e. The Balaban J connectivity index is 2.06. The molecule has 2 heterocycles. The smallest absolute Gasteiger partial charge is 0.207 e. The Labute approximate surface area is 168 Å². The topological polar surface area (TPSA) is 106 Å². The van der Waals surface area contributed by atoms with Crippen LogP contribution in [0.3, 0.4) is 0 Å². The monoisotopic (exact) mass is 404 g/mol. The molecule has 2 aromatic carbocycles. The molecule has 7 heteroatoms. The average molecular weight is 404 g/mol. The van der Waals surface area contributed by atoms with Crippen LogP contribution in [-0.2, 0) is 14.6 Å². The molecule has 144 valence electrons. The molecule has 4 rings (SSSR count). The lowest BCUT2D eigenvalue weighted by Crippen LogP contribution is -2.24. The summed E-state index contributed by atoms with van der Waals surface area (Å²) < 4.78 is 38.6. The fourth-order valence-corrected chi connectivity index (χ4v) is 4.98. The van der Waals surface area contributed by atoms with Crippen LogP contribution in [-0.4, -0.2) is 8.42 Å². The number of ether oxygens (including phenoxy) is 1. The number of sulfone groups is 1. The van der Waals surface area contributed by atoms with Crippen molar-refractivity contribution in [3.8, 4) is 6.07 Å². The molecule has 1 aromatic heterocycles. The molecule has 1 aliphatic heterocycles. The highest BCUT2D eigenvalue weighted by Gasteiger charge is 2.42. The lowest BCUT2D eigenvalue weighted by atomic mass is 9.93. The van der Waals surface area contributed by atoms with Gasteiger partial charge in [-0.25, -0.2) is 8.42 Å². The zero-order chi connectivity index (χ0) is 20.4. The SMILES string of the molecule is N#CC1=C(N)OC(c2ccccc2)=C(S(=O)(=O)c2ccccc2)C1c1ccco1. The van der Waals surface area contributed by atoms with Gasteiger partial charge in [-0.05, 0) is 24.3 Å². The van der Waals surface area contributed by atoms with Crippen molar-refractivity contribution in [2.24, 2.45) is 5.73 Å². The minimum Gasteiger partial charge on any atom is -0.468 e. The maximum absolute atomic E-state index is 13.7. The van der Waals surface area contributed by atoms with Crippen LogP contribution >= 0.6 is 0 Å². The third-order valence-corrected chi connectivity index (χ3v) is 6.47. The molecular formula is C22H16N2O4S. The number of hydrogen-bond acceptors (Lipinski definition) is 6. The van der Waals surface area contributed by atoms with E-state index in [2.05, 4.69) is 0 Å². The van der Waals surface area contributed by atoms with Crippen LogP contribution < -0.4 is 5.73 Å². The molecule has 1 aliphatic rings. The van der Waals surface area contributed by atoms with Gasteiger partial charge >= 0.3 is 0 Å².